The lowest BCUT2D eigenvalue weighted by Crippen LogP contribution is -2.41. The topological polar surface area (TPSA) is 12.5 Å². The second-order valence-electron chi connectivity index (χ2n) is 9.01. The van der Waals surface area contributed by atoms with Gasteiger partial charge in [-0.15, -0.1) is 23.2 Å². The lowest BCUT2D eigenvalue weighted by Gasteiger charge is -2.32. The number of halogens is 2. The summed E-state index contributed by atoms with van der Waals surface area (Å²) in [5, 5.41) is 0. The number of nitrogens with zero attached hydrogens (tertiary/aromatic N) is 1. The summed E-state index contributed by atoms with van der Waals surface area (Å²) in [6.07, 6.45) is 2.36. The van der Waals surface area contributed by atoms with Crippen molar-refractivity contribution in [2.75, 3.05) is 19.7 Å². The Labute approximate surface area is 199 Å². The summed E-state index contributed by atoms with van der Waals surface area (Å²) in [4.78, 5) is 2.48. The lowest BCUT2D eigenvalue weighted by molar-refractivity contribution is -0.00624. The molecule has 162 valence electrons. The number of ether oxygens (including phenoxy) is 1. The van der Waals surface area contributed by atoms with Gasteiger partial charge >= 0.3 is 0 Å². The first-order valence-corrected chi connectivity index (χ1v) is 12.0. The van der Waals surface area contributed by atoms with E-state index in [2.05, 4.69) is 89.8 Å². The summed E-state index contributed by atoms with van der Waals surface area (Å²) in [6, 6.07) is 27.8. The highest BCUT2D eigenvalue weighted by Gasteiger charge is 2.66. The second-order valence-corrected chi connectivity index (χ2v) is 10.5. The van der Waals surface area contributed by atoms with Crippen LogP contribution in [0.1, 0.15) is 39.7 Å². The zero-order valence-electron chi connectivity index (χ0n) is 17.8. The molecule has 2 fully saturated rings. The van der Waals surface area contributed by atoms with Crippen molar-refractivity contribution in [3.63, 3.8) is 0 Å². The molecule has 3 aromatic carbocycles. The van der Waals surface area contributed by atoms with Crippen molar-refractivity contribution in [3.8, 4) is 0 Å². The molecule has 4 heteroatoms. The predicted octanol–water partition coefficient (Wildman–Crippen LogP) is 6.39. The molecule has 2 aliphatic carbocycles. The molecule has 3 aliphatic rings. The summed E-state index contributed by atoms with van der Waals surface area (Å²) in [6.45, 7) is 3.52. The van der Waals surface area contributed by atoms with Crippen LogP contribution in [0.15, 0.2) is 84.9 Å². The average Bonchev–Trinajstić information content (AvgIpc) is 3.43. The second kappa shape index (κ2) is 8.04. The minimum absolute atomic E-state index is 0.0368. The molecule has 6 rings (SSSR count). The largest absolute Gasteiger partial charge is 0.371 e. The molecule has 0 spiro atoms. The van der Waals surface area contributed by atoms with Crippen LogP contribution >= 0.6 is 23.2 Å². The number of alkyl halides is 2. The van der Waals surface area contributed by atoms with Gasteiger partial charge in [0.25, 0.3) is 0 Å². The molecule has 1 saturated heterocycles. The Morgan fingerprint density at radius 3 is 2.09 bits per heavy atom. The Hall–Kier alpha value is -2.10. The van der Waals surface area contributed by atoms with Gasteiger partial charge in [-0.2, -0.15) is 0 Å². The highest BCUT2D eigenvalue weighted by atomic mass is 35.5. The molecule has 0 amide bonds. The third kappa shape index (κ3) is 3.50. The SMILES string of the molecule is ClC1(Cl)C2c3ccccc3C(=CC3CN(Cc4ccccc4)CCO3)c3ccccc3C21. The van der Waals surface area contributed by atoms with E-state index in [1.165, 1.54) is 33.4 Å². The van der Waals surface area contributed by atoms with Crippen molar-refractivity contribution in [2.45, 2.75) is 28.8 Å². The molecule has 0 bridgehead atoms. The van der Waals surface area contributed by atoms with E-state index < -0.39 is 4.33 Å². The summed E-state index contributed by atoms with van der Waals surface area (Å²) >= 11 is 13.6. The molecule has 3 unspecified atom stereocenters. The maximum atomic E-state index is 6.79. The molecular formula is C28H25Cl2NO. The fraction of sp³-hybridized carbons (Fsp3) is 0.286. The number of benzene rings is 3. The zero-order valence-corrected chi connectivity index (χ0v) is 19.3. The van der Waals surface area contributed by atoms with Gasteiger partial charge in [0.15, 0.2) is 0 Å². The van der Waals surface area contributed by atoms with E-state index in [9.17, 15) is 0 Å². The van der Waals surface area contributed by atoms with Crippen molar-refractivity contribution in [1.29, 1.82) is 0 Å². The van der Waals surface area contributed by atoms with E-state index in [1.54, 1.807) is 0 Å². The van der Waals surface area contributed by atoms with Crippen LogP contribution in [0, 0.1) is 0 Å². The molecule has 1 heterocycles. The van der Waals surface area contributed by atoms with E-state index in [0.29, 0.717) is 0 Å². The van der Waals surface area contributed by atoms with Crippen LogP contribution in [-0.4, -0.2) is 35.0 Å². The van der Waals surface area contributed by atoms with Crippen molar-refractivity contribution in [2.24, 2.45) is 0 Å². The van der Waals surface area contributed by atoms with Gasteiger partial charge < -0.3 is 4.74 Å². The van der Waals surface area contributed by atoms with Crippen LogP contribution in [0.5, 0.6) is 0 Å². The van der Waals surface area contributed by atoms with Gasteiger partial charge in [-0.1, -0.05) is 78.9 Å². The Kier molecular flexibility index (Phi) is 5.15. The van der Waals surface area contributed by atoms with Crippen LogP contribution in [0.2, 0.25) is 0 Å². The van der Waals surface area contributed by atoms with Gasteiger partial charge in [-0.3, -0.25) is 4.90 Å². The number of hydrogen-bond acceptors (Lipinski definition) is 2. The minimum atomic E-state index is -0.744. The van der Waals surface area contributed by atoms with Gasteiger partial charge in [-0.25, -0.2) is 0 Å². The highest BCUT2D eigenvalue weighted by Crippen LogP contribution is 2.72. The third-order valence-electron chi connectivity index (χ3n) is 7.00. The molecule has 3 aromatic rings. The molecule has 32 heavy (non-hydrogen) atoms. The van der Waals surface area contributed by atoms with Crippen molar-refractivity contribution < 1.29 is 4.74 Å². The number of hydrogen-bond donors (Lipinski definition) is 0. The van der Waals surface area contributed by atoms with Crippen molar-refractivity contribution in [1.82, 2.24) is 4.90 Å². The minimum Gasteiger partial charge on any atom is -0.371 e. The van der Waals surface area contributed by atoms with Crippen LogP contribution in [0.3, 0.4) is 0 Å². The zero-order chi connectivity index (χ0) is 21.7. The Morgan fingerprint density at radius 1 is 0.844 bits per heavy atom. The maximum absolute atomic E-state index is 6.79. The fourth-order valence-electron chi connectivity index (χ4n) is 5.46. The van der Waals surface area contributed by atoms with Gasteiger partial charge in [0.05, 0.1) is 12.7 Å². The van der Waals surface area contributed by atoms with Crippen LogP contribution < -0.4 is 0 Å². The van der Waals surface area contributed by atoms with Gasteiger partial charge in [0.2, 0.25) is 0 Å². The van der Waals surface area contributed by atoms with Crippen molar-refractivity contribution in [3.05, 3.63) is 113 Å². The molecule has 1 aliphatic heterocycles. The van der Waals surface area contributed by atoms with E-state index in [4.69, 9.17) is 27.9 Å². The molecule has 0 N–H and O–H groups in total. The molecule has 0 radical (unpaired) electrons. The Bertz CT molecular complexity index is 1120. The molecule has 1 saturated carbocycles. The lowest BCUT2D eigenvalue weighted by atomic mass is 9.90. The number of fused-ring (bicyclic) bond motifs is 5. The first kappa shape index (κ1) is 20.5. The normalized spacial score (nSPS) is 25.8. The number of morpholine rings is 1. The molecule has 2 nitrogen and oxygen atoms in total. The molecule has 0 aromatic heterocycles. The summed E-state index contributed by atoms with van der Waals surface area (Å²) in [5.74, 6) is 0.242. The predicted molar refractivity (Wildman–Crippen MR) is 131 cm³/mol. The average molecular weight is 462 g/mol. The first-order chi connectivity index (χ1) is 15.6. The van der Waals surface area contributed by atoms with E-state index in [0.717, 1.165) is 26.2 Å². The summed E-state index contributed by atoms with van der Waals surface area (Å²) < 4.78 is 5.48. The van der Waals surface area contributed by atoms with Gasteiger partial charge in [0, 0.05) is 31.5 Å². The maximum Gasteiger partial charge on any atom is 0.133 e. The van der Waals surface area contributed by atoms with Crippen molar-refractivity contribution >= 4 is 28.8 Å². The van der Waals surface area contributed by atoms with E-state index >= 15 is 0 Å². The third-order valence-corrected chi connectivity index (χ3v) is 7.95. The smallest absolute Gasteiger partial charge is 0.133 e. The summed E-state index contributed by atoms with van der Waals surface area (Å²) in [5.41, 5.74) is 7.49. The van der Waals surface area contributed by atoms with E-state index in [1.807, 2.05) is 0 Å². The molecular weight excluding hydrogens is 437 g/mol. The molecule has 3 atom stereocenters. The van der Waals surface area contributed by atoms with Gasteiger partial charge in [0.1, 0.15) is 4.33 Å². The van der Waals surface area contributed by atoms with Gasteiger partial charge in [-0.05, 0) is 39.5 Å². The quantitative estimate of drug-likeness (QED) is 0.419. The van der Waals surface area contributed by atoms with E-state index in [-0.39, 0.29) is 17.9 Å². The monoisotopic (exact) mass is 461 g/mol. The Morgan fingerprint density at radius 2 is 1.44 bits per heavy atom. The first-order valence-electron chi connectivity index (χ1n) is 11.3. The Balaban J connectivity index is 1.38. The fourth-order valence-corrected chi connectivity index (χ4v) is 6.30. The summed E-state index contributed by atoms with van der Waals surface area (Å²) in [7, 11) is 0. The van der Waals surface area contributed by atoms with Crippen LogP contribution in [-0.2, 0) is 11.3 Å². The van der Waals surface area contributed by atoms with Crippen LogP contribution in [0.25, 0.3) is 5.57 Å². The van der Waals surface area contributed by atoms with Crippen LogP contribution in [0.4, 0.5) is 0 Å². The highest BCUT2D eigenvalue weighted by molar-refractivity contribution is 6.52. The standard InChI is InChI=1S/C28H25Cl2NO/c29-28(30)26-23-12-6-4-10-21(23)25(22-11-5-7-13-24(22)27(26)28)16-20-18-31(14-15-32-20)17-19-8-2-1-3-9-19/h1-13,16,20,26-27H,14-15,17-18H2. The number of rotatable bonds is 3.